The number of carboxylic acids is 1. The van der Waals surface area contributed by atoms with E-state index in [1.807, 2.05) is 0 Å². The van der Waals surface area contributed by atoms with Crippen LogP contribution in [0.1, 0.15) is 31.7 Å². The van der Waals surface area contributed by atoms with Crippen molar-refractivity contribution in [3.05, 3.63) is 22.4 Å². The summed E-state index contributed by atoms with van der Waals surface area (Å²) in [6, 6.07) is 2.61. The number of ether oxygens (including phenoxy) is 1. The maximum Gasteiger partial charge on any atom is 0.326 e. The number of rotatable bonds is 5. The number of thiophene rings is 1. The van der Waals surface area contributed by atoms with Gasteiger partial charge < -0.3 is 9.84 Å². The van der Waals surface area contributed by atoms with Crippen molar-refractivity contribution in [1.82, 2.24) is 5.32 Å². The minimum absolute atomic E-state index is 0.133. The van der Waals surface area contributed by atoms with E-state index in [1.54, 1.807) is 38.3 Å². The molecule has 0 bridgehead atoms. The van der Waals surface area contributed by atoms with Gasteiger partial charge in [-0.15, -0.1) is 11.3 Å². The van der Waals surface area contributed by atoms with Crippen LogP contribution >= 0.6 is 11.3 Å². The second-order valence-electron chi connectivity index (χ2n) is 4.75. The highest BCUT2D eigenvalue weighted by molar-refractivity contribution is 7.10. The van der Waals surface area contributed by atoms with Gasteiger partial charge in [-0.05, 0) is 32.2 Å². The number of carboxylic acid groups (broad SMARTS) is 1. The first-order valence-corrected chi connectivity index (χ1v) is 6.39. The van der Waals surface area contributed by atoms with Crippen LogP contribution in [0.5, 0.6) is 0 Å². The van der Waals surface area contributed by atoms with E-state index in [1.165, 1.54) is 11.3 Å². The van der Waals surface area contributed by atoms with Gasteiger partial charge in [-0.25, -0.2) is 0 Å². The molecule has 100 valence electrons. The molecule has 0 aliphatic carbocycles. The third-order valence-corrected chi connectivity index (χ3v) is 2.88. The Morgan fingerprint density at radius 3 is 2.61 bits per heavy atom. The normalized spacial score (nSPS) is 13.1. The van der Waals surface area contributed by atoms with E-state index in [2.05, 4.69) is 5.32 Å². The largest absolute Gasteiger partial charge is 0.480 e. The first-order valence-electron chi connectivity index (χ1n) is 5.51. The van der Waals surface area contributed by atoms with Crippen molar-refractivity contribution in [1.29, 1.82) is 0 Å². The highest BCUT2D eigenvalue weighted by Crippen LogP contribution is 2.19. The predicted molar refractivity (Wildman–Crippen MR) is 68.5 cm³/mol. The zero-order valence-electron chi connectivity index (χ0n) is 10.6. The van der Waals surface area contributed by atoms with Crippen molar-refractivity contribution in [2.24, 2.45) is 0 Å². The quantitative estimate of drug-likeness (QED) is 0.799. The lowest BCUT2D eigenvalue weighted by Gasteiger charge is -2.20. The van der Waals surface area contributed by atoms with Gasteiger partial charge in [0.05, 0.1) is 6.54 Å². The molecule has 1 unspecified atom stereocenters. The molecular formula is C12H17NO4S. The van der Waals surface area contributed by atoms with Crippen LogP contribution in [0.2, 0.25) is 0 Å². The number of nitrogens with one attached hydrogen (secondary N) is 1. The topological polar surface area (TPSA) is 75.6 Å². The van der Waals surface area contributed by atoms with Crippen molar-refractivity contribution in [3.63, 3.8) is 0 Å². The van der Waals surface area contributed by atoms with E-state index in [0.29, 0.717) is 4.88 Å². The van der Waals surface area contributed by atoms with Crippen LogP contribution in [0.3, 0.4) is 0 Å². The number of esters is 1. The highest BCUT2D eigenvalue weighted by atomic mass is 32.1. The Morgan fingerprint density at radius 1 is 1.50 bits per heavy atom. The molecule has 0 amide bonds. The van der Waals surface area contributed by atoms with E-state index < -0.39 is 23.6 Å². The number of carbonyl (C=O) groups is 2. The Labute approximate surface area is 110 Å². The van der Waals surface area contributed by atoms with Crippen LogP contribution < -0.4 is 5.32 Å². The van der Waals surface area contributed by atoms with E-state index in [-0.39, 0.29) is 6.54 Å². The molecule has 1 aromatic rings. The number of carbonyl (C=O) groups excluding carboxylic acids is 1. The van der Waals surface area contributed by atoms with Crippen molar-refractivity contribution in [2.45, 2.75) is 32.4 Å². The summed E-state index contributed by atoms with van der Waals surface area (Å²) >= 11 is 1.33. The molecule has 0 aliphatic heterocycles. The molecule has 0 spiro atoms. The lowest BCUT2D eigenvalue weighted by molar-refractivity contribution is -0.154. The molecule has 1 heterocycles. The molecule has 1 atom stereocenters. The lowest BCUT2D eigenvalue weighted by atomic mass is 10.2. The molecule has 2 N–H and O–H groups in total. The van der Waals surface area contributed by atoms with Gasteiger partial charge in [0, 0.05) is 4.88 Å². The van der Waals surface area contributed by atoms with E-state index in [4.69, 9.17) is 9.84 Å². The summed E-state index contributed by atoms with van der Waals surface area (Å²) < 4.78 is 5.09. The predicted octanol–water partition coefficient (Wildman–Crippen LogP) is 1.81. The van der Waals surface area contributed by atoms with Crippen LogP contribution in [-0.4, -0.2) is 29.2 Å². The van der Waals surface area contributed by atoms with Gasteiger partial charge >= 0.3 is 11.9 Å². The van der Waals surface area contributed by atoms with E-state index >= 15 is 0 Å². The second kappa shape index (κ2) is 5.97. The van der Waals surface area contributed by atoms with Crippen LogP contribution in [-0.2, 0) is 14.3 Å². The van der Waals surface area contributed by atoms with Gasteiger partial charge in [0.25, 0.3) is 0 Å². The Hall–Kier alpha value is -1.40. The molecule has 0 aliphatic rings. The molecule has 18 heavy (non-hydrogen) atoms. The van der Waals surface area contributed by atoms with Gasteiger partial charge in [-0.1, -0.05) is 6.07 Å². The SMILES string of the molecule is CC(C)(C)OC(=O)CNC(C(=O)O)c1cccs1. The number of hydrogen-bond acceptors (Lipinski definition) is 5. The Balaban J connectivity index is 2.54. The summed E-state index contributed by atoms with van der Waals surface area (Å²) in [5.74, 6) is -1.48. The molecule has 0 fully saturated rings. The highest BCUT2D eigenvalue weighted by Gasteiger charge is 2.23. The molecule has 0 saturated carbocycles. The van der Waals surface area contributed by atoms with Crippen molar-refractivity contribution < 1.29 is 19.4 Å². The van der Waals surface area contributed by atoms with Gasteiger partial charge in [0.15, 0.2) is 0 Å². The third-order valence-electron chi connectivity index (χ3n) is 1.95. The summed E-state index contributed by atoms with van der Waals surface area (Å²) in [6.45, 7) is 5.16. The fourth-order valence-electron chi connectivity index (χ4n) is 1.33. The summed E-state index contributed by atoms with van der Waals surface area (Å²) in [5, 5.41) is 13.6. The summed E-state index contributed by atoms with van der Waals surface area (Å²) in [6.07, 6.45) is 0. The van der Waals surface area contributed by atoms with Crippen LogP contribution in [0, 0.1) is 0 Å². The molecule has 6 heteroatoms. The van der Waals surface area contributed by atoms with Crippen molar-refractivity contribution in [2.75, 3.05) is 6.54 Å². The summed E-state index contributed by atoms with van der Waals surface area (Å²) in [4.78, 5) is 23.2. The minimum Gasteiger partial charge on any atom is -0.480 e. The lowest BCUT2D eigenvalue weighted by Crippen LogP contribution is -2.36. The molecule has 1 rings (SSSR count). The summed E-state index contributed by atoms with van der Waals surface area (Å²) in [7, 11) is 0. The van der Waals surface area contributed by atoms with Crippen LogP contribution in [0.25, 0.3) is 0 Å². The zero-order chi connectivity index (χ0) is 13.8. The molecule has 0 radical (unpaired) electrons. The first kappa shape index (κ1) is 14.7. The Kier molecular flexibility index (Phi) is 4.86. The smallest absolute Gasteiger partial charge is 0.326 e. The molecule has 0 saturated heterocycles. The number of aliphatic carboxylic acids is 1. The van der Waals surface area contributed by atoms with Crippen LogP contribution in [0.4, 0.5) is 0 Å². The van der Waals surface area contributed by atoms with E-state index in [9.17, 15) is 9.59 Å². The zero-order valence-corrected chi connectivity index (χ0v) is 11.4. The molecular weight excluding hydrogens is 254 g/mol. The third kappa shape index (κ3) is 4.85. The molecule has 1 aromatic heterocycles. The van der Waals surface area contributed by atoms with E-state index in [0.717, 1.165) is 0 Å². The summed E-state index contributed by atoms with van der Waals surface area (Å²) in [5.41, 5.74) is -0.569. The Bertz CT molecular complexity index is 408. The monoisotopic (exact) mass is 271 g/mol. The standard InChI is InChI=1S/C12H17NO4S/c1-12(2,3)17-9(14)7-13-10(11(15)16)8-5-4-6-18-8/h4-6,10,13H,7H2,1-3H3,(H,15,16). The average molecular weight is 271 g/mol. The van der Waals surface area contributed by atoms with Gasteiger partial charge in [-0.3, -0.25) is 14.9 Å². The second-order valence-corrected chi connectivity index (χ2v) is 5.73. The van der Waals surface area contributed by atoms with Gasteiger partial charge in [-0.2, -0.15) is 0 Å². The molecule has 0 aromatic carbocycles. The molecule has 5 nitrogen and oxygen atoms in total. The minimum atomic E-state index is -1.01. The van der Waals surface area contributed by atoms with Crippen LogP contribution in [0.15, 0.2) is 17.5 Å². The van der Waals surface area contributed by atoms with Gasteiger partial charge in [0.2, 0.25) is 0 Å². The van der Waals surface area contributed by atoms with Crippen molar-refractivity contribution >= 4 is 23.3 Å². The fourth-order valence-corrected chi connectivity index (χ4v) is 2.12. The van der Waals surface area contributed by atoms with Crippen molar-refractivity contribution in [3.8, 4) is 0 Å². The maximum absolute atomic E-state index is 11.5. The first-order chi connectivity index (χ1) is 8.29. The number of hydrogen-bond donors (Lipinski definition) is 2. The maximum atomic E-state index is 11.5. The van der Waals surface area contributed by atoms with Gasteiger partial charge in [0.1, 0.15) is 11.6 Å². The Morgan fingerprint density at radius 2 is 2.17 bits per heavy atom. The fraction of sp³-hybridized carbons (Fsp3) is 0.500. The average Bonchev–Trinajstić information content (AvgIpc) is 2.67.